The van der Waals surface area contributed by atoms with Gasteiger partial charge in [0.1, 0.15) is 24.5 Å². The molecule has 6 atom stereocenters. The number of aliphatic hydroxyl groups is 3. The number of carboxylic acid groups (broad SMARTS) is 1. The van der Waals surface area contributed by atoms with E-state index < -0.39 is 42.0 Å². The van der Waals surface area contributed by atoms with Crippen molar-refractivity contribution in [2.24, 2.45) is 5.92 Å². The molecule has 1 heterocycles. The van der Waals surface area contributed by atoms with E-state index in [4.69, 9.17) is 23.7 Å². The molecule has 1 fully saturated rings. The van der Waals surface area contributed by atoms with Crippen molar-refractivity contribution in [1.82, 2.24) is 4.90 Å². The Morgan fingerprint density at radius 3 is 2.05 bits per heavy atom. The van der Waals surface area contributed by atoms with Crippen LogP contribution in [0.15, 0.2) is 36.4 Å². The fraction of sp³-hybridized carbons (Fsp3) is 0.562. The third-order valence-corrected chi connectivity index (χ3v) is 8.43. The van der Waals surface area contributed by atoms with Gasteiger partial charge >= 0.3 is 5.97 Å². The molecule has 0 radical (unpaired) electrons. The van der Waals surface area contributed by atoms with E-state index in [0.29, 0.717) is 48.8 Å². The summed E-state index contributed by atoms with van der Waals surface area (Å²) in [7, 11) is 6.15. The zero-order valence-corrected chi connectivity index (χ0v) is 26.1. The number of nitriles is 1. The van der Waals surface area contributed by atoms with Crippen molar-refractivity contribution in [3.63, 3.8) is 0 Å². The molecule has 44 heavy (non-hydrogen) atoms. The quantitative estimate of drug-likeness (QED) is 0.231. The van der Waals surface area contributed by atoms with Gasteiger partial charge in [-0.25, -0.2) is 4.79 Å². The van der Waals surface area contributed by atoms with E-state index in [1.807, 2.05) is 32.0 Å². The van der Waals surface area contributed by atoms with Gasteiger partial charge in [0.05, 0.1) is 39.9 Å². The number of aliphatic carboxylic acids is 1. The first-order valence-electron chi connectivity index (χ1n) is 14.5. The van der Waals surface area contributed by atoms with Gasteiger partial charge < -0.3 is 44.1 Å². The van der Waals surface area contributed by atoms with Gasteiger partial charge in [0.25, 0.3) is 0 Å². The van der Waals surface area contributed by atoms with Gasteiger partial charge in [0.15, 0.2) is 29.1 Å². The fourth-order valence-electron chi connectivity index (χ4n) is 5.73. The highest BCUT2D eigenvalue weighted by molar-refractivity contribution is 5.73. The number of ether oxygens (including phenoxy) is 5. The molecule has 1 aliphatic rings. The topological polar surface area (TPSA) is 171 Å². The third kappa shape index (κ3) is 7.36. The molecule has 12 nitrogen and oxygen atoms in total. The van der Waals surface area contributed by atoms with Crippen LogP contribution in [0.3, 0.4) is 0 Å². The van der Waals surface area contributed by atoms with Crippen LogP contribution in [-0.2, 0) is 21.4 Å². The van der Waals surface area contributed by atoms with Crippen molar-refractivity contribution in [3.8, 4) is 29.1 Å². The molecular weight excluding hydrogens is 572 g/mol. The summed E-state index contributed by atoms with van der Waals surface area (Å²) in [5.74, 6) is 0.622. The molecule has 3 rings (SSSR count). The van der Waals surface area contributed by atoms with E-state index in [9.17, 15) is 30.5 Å². The third-order valence-electron chi connectivity index (χ3n) is 8.43. The lowest BCUT2D eigenvalue weighted by Gasteiger charge is -2.44. The number of rotatable bonds is 15. The molecule has 0 aromatic heterocycles. The van der Waals surface area contributed by atoms with Crippen LogP contribution in [0.25, 0.3) is 0 Å². The molecular formula is C32H44N2O10. The Morgan fingerprint density at radius 1 is 0.909 bits per heavy atom. The van der Waals surface area contributed by atoms with Crippen molar-refractivity contribution >= 4 is 5.97 Å². The van der Waals surface area contributed by atoms with Crippen LogP contribution >= 0.6 is 0 Å². The SMILES string of the molecule is COc1ccc(CCN(CCC[C@](C#N)(c2ccc(OC)c(OC)c2)C(C)C)[C@H]2O[C@H](C(=O)O)[C@H](O)[C@H](O)[C@@H]2O)cc1OC. The molecule has 12 heteroatoms. The van der Waals surface area contributed by atoms with Crippen LogP contribution in [0.1, 0.15) is 37.8 Å². The van der Waals surface area contributed by atoms with Gasteiger partial charge in [-0.05, 0) is 60.6 Å². The Bertz CT molecular complexity index is 1300. The van der Waals surface area contributed by atoms with E-state index in [1.54, 1.807) is 37.3 Å². The number of aliphatic hydroxyl groups excluding tert-OH is 3. The zero-order valence-electron chi connectivity index (χ0n) is 26.1. The summed E-state index contributed by atoms with van der Waals surface area (Å²) in [4.78, 5) is 13.6. The summed E-state index contributed by atoms with van der Waals surface area (Å²) in [5, 5.41) is 51.8. The number of hydrogen-bond donors (Lipinski definition) is 4. The molecule has 4 N–H and O–H groups in total. The molecule has 1 aliphatic heterocycles. The predicted octanol–water partition coefficient (Wildman–Crippen LogP) is 2.36. The maximum atomic E-state index is 11.8. The second-order valence-electron chi connectivity index (χ2n) is 11.1. The van der Waals surface area contributed by atoms with E-state index >= 15 is 0 Å². The second-order valence-corrected chi connectivity index (χ2v) is 11.1. The Kier molecular flexibility index (Phi) is 12.2. The maximum Gasteiger partial charge on any atom is 0.335 e. The average Bonchev–Trinajstić information content (AvgIpc) is 3.03. The standard InChI is InChI=1S/C32H44N2O10/c1-19(2)32(18-33,21-9-11-23(41-4)25(17-21)43-6)13-7-14-34(15-12-20-8-10-22(40-3)24(16-20)42-5)30-28(37)26(35)27(36)29(44-30)31(38)39/h8-11,16-17,19,26-30,35-37H,7,12-15H2,1-6H3,(H,38,39)/t26-,27+,28-,29-,30-,32+/m0/s1. The number of benzene rings is 2. The first-order chi connectivity index (χ1) is 21.0. The molecule has 1 saturated heterocycles. The van der Waals surface area contributed by atoms with E-state index in [2.05, 4.69) is 6.07 Å². The van der Waals surface area contributed by atoms with Crippen molar-refractivity contribution in [3.05, 3.63) is 47.5 Å². The van der Waals surface area contributed by atoms with Gasteiger partial charge in [-0.1, -0.05) is 26.0 Å². The van der Waals surface area contributed by atoms with E-state index in [0.717, 1.165) is 11.1 Å². The number of nitrogens with zero attached hydrogens (tertiary/aromatic N) is 2. The normalized spacial score (nSPS) is 23.1. The van der Waals surface area contributed by atoms with Crippen molar-refractivity contribution in [1.29, 1.82) is 5.26 Å². The minimum Gasteiger partial charge on any atom is -0.493 e. The molecule has 242 valence electrons. The highest BCUT2D eigenvalue weighted by atomic mass is 16.6. The van der Waals surface area contributed by atoms with Crippen molar-refractivity contribution < 1.29 is 48.9 Å². The summed E-state index contributed by atoms with van der Waals surface area (Å²) >= 11 is 0. The van der Waals surface area contributed by atoms with Gasteiger partial charge in [-0.3, -0.25) is 4.90 Å². The van der Waals surface area contributed by atoms with Gasteiger partial charge in [0.2, 0.25) is 0 Å². The first kappa shape index (κ1) is 34.9. The van der Waals surface area contributed by atoms with Crippen molar-refractivity contribution in [2.75, 3.05) is 41.5 Å². The molecule has 0 spiro atoms. The van der Waals surface area contributed by atoms with Gasteiger partial charge in [-0.15, -0.1) is 0 Å². The lowest BCUT2D eigenvalue weighted by molar-refractivity contribution is -0.259. The second kappa shape index (κ2) is 15.4. The smallest absolute Gasteiger partial charge is 0.335 e. The highest BCUT2D eigenvalue weighted by Gasteiger charge is 2.48. The minimum absolute atomic E-state index is 0.0873. The Balaban J connectivity index is 1.91. The van der Waals surface area contributed by atoms with Gasteiger partial charge in [-0.2, -0.15) is 5.26 Å². The summed E-state index contributed by atoms with van der Waals surface area (Å²) in [5.41, 5.74) is 0.745. The number of methoxy groups -OCH3 is 4. The molecule has 0 saturated carbocycles. The Hall–Kier alpha value is -3.60. The van der Waals surface area contributed by atoms with Crippen LogP contribution in [0, 0.1) is 17.2 Å². The summed E-state index contributed by atoms with van der Waals surface area (Å²) in [6.07, 6.45) is -6.76. The zero-order chi connectivity index (χ0) is 32.6. The summed E-state index contributed by atoms with van der Waals surface area (Å²) in [6.45, 7) is 4.52. The monoisotopic (exact) mass is 616 g/mol. The van der Waals surface area contributed by atoms with Crippen LogP contribution in [0.4, 0.5) is 0 Å². The van der Waals surface area contributed by atoms with E-state index in [1.165, 1.54) is 14.2 Å². The predicted molar refractivity (Wildman–Crippen MR) is 160 cm³/mol. The van der Waals surface area contributed by atoms with Gasteiger partial charge in [0, 0.05) is 13.1 Å². The minimum atomic E-state index is -1.80. The number of carboxylic acids is 1. The summed E-state index contributed by atoms with van der Waals surface area (Å²) in [6, 6.07) is 13.4. The first-order valence-corrected chi connectivity index (χ1v) is 14.5. The molecule has 0 aliphatic carbocycles. The van der Waals surface area contributed by atoms with Crippen LogP contribution in [0.5, 0.6) is 23.0 Å². The lowest BCUT2D eigenvalue weighted by atomic mass is 9.69. The lowest BCUT2D eigenvalue weighted by Crippen LogP contribution is -2.64. The average molecular weight is 617 g/mol. The number of carbonyl (C=O) groups is 1. The molecule has 0 bridgehead atoms. The van der Waals surface area contributed by atoms with Crippen LogP contribution in [0.2, 0.25) is 0 Å². The molecule has 0 unspecified atom stereocenters. The number of hydrogen-bond acceptors (Lipinski definition) is 11. The summed E-state index contributed by atoms with van der Waals surface area (Å²) < 4.78 is 27.3. The molecule has 0 amide bonds. The van der Waals surface area contributed by atoms with Crippen molar-refractivity contribution in [2.45, 2.75) is 69.2 Å². The van der Waals surface area contributed by atoms with Crippen LogP contribution in [-0.4, -0.2) is 103 Å². The Labute approximate surface area is 258 Å². The van der Waals surface area contributed by atoms with E-state index in [-0.39, 0.29) is 12.5 Å². The molecule has 2 aromatic carbocycles. The van der Waals surface area contributed by atoms with Crippen LogP contribution < -0.4 is 18.9 Å². The molecule has 2 aromatic rings. The maximum absolute atomic E-state index is 11.8. The largest absolute Gasteiger partial charge is 0.493 e. The fourth-order valence-corrected chi connectivity index (χ4v) is 5.73. The Morgan fingerprint density at radius 2 is 1.50 bits per heavy atom. The highest BCUT2D eigenvalue weighted by Crippen LogP contribution is 2.41.